The number of aromatic nitrogens is 3. The highest BCUT2D eigenvalue weighted by atomic mass is 32.1. The Labute approximate surface area is 179 Å². The molecule has 5 rings (SSSR count). The highest BCUT2D eigenvalue weighted by Gasteiger charge is 2.33. The van der Waals surface area contributed by atoms with Gasteiger partial charge in [-0.1, -0.05) is 17.4 Å². The number of nitrogens with one attached hydrogen (secondary N) is 2. The van der Waals surface area contributed by atoms with E-state index in [0.29, 0.717) is 0 Å². The monoisotopic (exact) mass is 420 g/mol. The molecule has 1 saturated heterocycles. The lowest BCUT2D eigenvalue weighted by Crippen LogP contribution is -2.37. The zero-order valence-electron chi connectivity index (χ0n) is 16.8. The lowest BCUT2D eigenvalue weighted by molar-refractivity contribution is -0.122. The number of rotatable bonds is 6. The number of hydrogen-bond acceptors (Lipinski definition) is 7. The molecular formula is C22H24N6OS. The highest BCUT2D eigenvalue weighted by molar-refractivity contribution is 7.18. The Hall–Kier alpha value is -3.00. The summed E-state index contributed by atoms with van der Waals surface area (Å²) in [5.41, 5.74) is 2.03. The first kappa shape index (κ1) is 19.0. The molecule has 1 amide bonds. The third kappa shape index (κ3) is 4.28. The number of nitrogens with zero attached hydrogens (tertiary/aromatic N) is 4. The van der Waals surface area contributed by atoms with E-state index in [0.717, 1.165) is 65.3 Å². The van der Waals surface area contributed by atoms with Crippen LogP contribution in [-0.2, 0) is 4.79 Å². The van der Waals surface area contributed by atoms with Gasteiger partial charge in [0.25, 0.3) is 0 Å². The quantitative estimate of drug-likeness (QED) is 0.632. The van der Waals surface area contributed by atoms with E-state index >= 15 is 0 Å². The van der Waals surface area contributed by atoms with Crippen LogP contribution in [0.5, 0.6) is 0 Å². The molecule has 1 aliphatic carbocycles. The lowest BCUT2D eigenvalue weighted by atomic mass is 10.2. The van der Waals surface area contributed by atoms with E-state index in [1.54, 1.807) is 17.5 Å². The largest absolute Gasteiger partial charge is 0.351 e. The minimum atomic E-state index is 0.220. The summed E-state index contributed by atoms with van der Waals surface area (Å²) in [5, 5.41) is 7.43. The molecule has 3 aromatic heterocycles. The summed E-state index contributed by atoms with van der Waals surface area (Å²) in [6, 6.07) is 10.1. The Bertz CT molecular complexity index is 1060. The molecule has 0 bridgehead atoms. The maximum Gasteiger partial charge on any atom is 0.223 e. The van der Waals surface area contributed by atoms with E-state index in [1.165, 1.54) is 0 Å². The van der Waals surface area contributed by atoms with E-state index in [9.17, 15) is 4.79 Å². The molecule has 0 unspecified atom stereocenters. The van der Waals surface area contributed by atoms with Crippen LogP contribution < -0.4 is 15.5 Å². The van der Waals surface area contributed by atoms with Gasteiger partial charge in [0, 0.05) is 37.4 Å². The third-order valence-electron chi connectivity index (χ3n) is 5.42. The van der Waals surface area contributed by atoms with Gasteiger partial charge < -0.3 is 15.5 Å². The van der Waals surface area contributed by atoms with E-state index < -0.39 is 0 Å². The first-order valence-electron chi connectivity index (χ1n) is 10.3. The summed E-state index contributed by atoms with van der Waals surface area (Å²) in [4.78, 5) is 29.0. The number of aryl methyl sites for hydroxylation is 1. The Morgan fingerprint density at radius 1 is 1.17 bits per heavy atom. The van der Waals surface area contributed by atoms with Crippen LogP contribution in [0.2, 0.25) is 0 Å². The number of carbonyl (C=O) groups is 1. The van der Waals surface area contributed by atoms with Crippen LogP contribution in [0.15, 0.2) is 42.7 Å². The summed E-state index contributed by atoms with van der Waals surface area (Å²) in [5.74, 6) is 2.01. The van der Waals surface area contributed by atoms with Crippen molar-refractivity contribution >= 4 is 34.0 Å². The highest BCUT2D eigenvalue weighted by Crippen LogP contribution is 2.33. The second-order valence-corrected chi connectivity index (χ2v) is 8.98. The van der Waals surface area contributed by atoms with E-state index in [1.807, 2.05) is 43.5 Å². The molecule has 0 radical (unpaired) electrons. The van der Waals surface area contributed by atoms with Gasteiger partial charge in [0.05, 0.1) is 10.6 Å². The third-order valence-corrected chi connectivity index (χ3v) is 6.50. The molecule has 3 aromatic rings. The molecule has 1 atom stereocenters. The maximum atomic E-state index is 12.0. The summed E-state index contributed by atoms with van der Waals surface area (Å²) in [6.07, 6.45) is 6.72. The van der Waals surface area contributed by atoms with Gasteiger partial charge in [0.15, 0.2) is 5.13 Å². The average molecular weight is 421 g/mol. The van der Waals surface area contributed by atoms with Crippen molar-refractivity contribution in [2.75, 3.05) is 23.3 Å². The summed E-state index contributed by atoms with van der Waals surface area (Å²) >= 11 is 1.64. The topological polar surface area (TPSA) is 83.0 Å². The predicted molar refractivity (Wildman–Crippen MR) is 119 cm³/mol. The number of anilines is 3. The molecule has 2 N–H and O–H groups in total. The summed E-state index contributed by atoms with van der Waals surface area (Å²) in [6.45, 7) is 3.77. The predicted octanol–water partition coefficient (Wildman–Crippen LogP) is 3.76. The Morgan fingerprint density at radius 2 is 2.07 bits per heavy atom. The van der Waals surface area contributed by atoms with Crippen molar-refractivity contribution in [2.24, 2.45) is 5.92 Å². The lowest BCUT2D eigenvalue weighted by Gasteiger charge is -2.15. The van der Waals surface area contributed by atoms with E-state index in [4.69, 9.17) is 4.98 Å². The van der Waals surface area contributed by atoms with Crippen LogP contribution in [0.1, 0.15) is 24.8 Å². The zero-order chi connectivity index (χ0) is 20.5. The van der Waals surface area contributed by atoms with E-state index in [2.05, 4.69) is 25.5 Å². The average Bonchev–Trinajstić information content (AvgIpc) is 3.29. The minimum absolute atomic E-state index is 0.220. The van der Waals surface area contributed by atoms with Gasteiger partial charge >= 0.3 is 0 Å². The molecule has 8 heteroatoms. The van der Waals surface area contributed by atoms with Gasteiger partial charge in [-0.3, -0.25) is 4.79 Å². The van der Waals surface area contributed by atoms with Crippen molar-refractivity contribution in [3.63, 3.8) is 0 Å². The number of thiazole rings is 1. The van der Waals surface area contributed by atoms with Gasteiger partial charge in [-0.05, 0) is 56.0 Å². The molecule has 1 aliphatic heterocycles. The first-order valence-corrected chi connectivity index (χ1v) is 11.1. The Morgan fingerprint density at radius 3 is 2.90 bits per heavy atom. The van der Waals surface area contributed by atoms with Crippen molar-refractivity contribution in [1.29, 1.82) is 0 Å². The van der Waals surface area contributed by atoms with Gasteiger partial charge in [0.1, 0.15) is 11.6 Å². The molecule has 2 aliphatic rings. The Kier molecular flexibility index (Phi) is 5.08. The maximum absolute atomic E-state index is 12.0. The molecule has 0 spiro atoms. The molecule has 1 saturated carbocycles. The fraction of sp³-hybridized carbons (Fsp3) is 0.364. The van der Waals surface area contributed by atoms with Crippen LogP contribution >= 0.6 is 11.3 Å². The number of hydrogen-bond donors (Lipinski definition) is 2. The van der Waals surface area contributed by atoms with Crippen LogP contribution in [0.25, 0.3) is 10.6 Å². The molecule has 154 valence electrons. The fourth-order valence-corrected chi connectivity index (χ4v) is 4.54. The first-order chi connectivity index (χ1) is 14.6. The van der Waals surface area contributed by atoms with Crippen LogP contribution in [0, 0.1) is 12.8 Å². The van der Waals surface area contributed by atoms with Crippen LogP contribution in [-0.4, -0.2) is 40.0 Å². The molecule has 4 heterocycles. The van der Waals surface area contributed by atoms with Gasteiger partial charge in [-0.25, -0.2) is 15.0 Å². The Balaban J connectivity index is 1.26. The molecule has 0 aromatic carbocycles. The minimum Gasteiger partial charge on any atom is -0.351 e. The summed E-state index contributed by atoms with van der Waals surface area (Å²) < 4.78 is 0. The van der Waals surface area contributed by atoms with Crippen LogP contribution in [0.4, 0.5) is 16.8 Å². The standard InChI is InChI=1S/C22H24N6OS/c1-14-7-9-23-20(11-14)27-19-4-2-3-17(26-19)18-12-24-22(30-18)28-10-8-16(13-28)25-21(29)15-5-6-15/h2-4,7,9,11-12,15-16H,5-6,8,10,13H2,1H3,(H,25,29)(H,23,26,27)/t16-/m1/s1. The molecular weight excluding hydrogens is 396 g/mol. The van der Waals surface area contributed by atoms with Crippen molar-refractivity contribution in [2.45, 2.75) is 32.2 Å². The number of carbonyl (C=O) groups excluding carboxylic acids is 1. The van der Waals surface area contributed by atoms with E-state index in [-0.39, 0.29) is 17.9 Å². The van der Waals surface area contributed by atoms with Crippen LogP contribution in [0.3, 0.4) is 0 Å². The fourth-order valence-electron chi connectivity index (χ4n) is 3.62. The molecule has 30 heavy (non-hydrogen) atoms. The SMILES string of the molecule is Cc1ccnc(Nc2cccc(-c3cnc(N4CC[C@@H](NC(=O)C5CC5)C4)s3)n2)c1. The van der Waals surface area contributed by atoms with Crippen molar-refractivity contribution in [3.05, 3.63) is 48.3 Å². The zero-order valence-corrected chi connectivity index (χ0v) is 17.7. The molecule has 2 fully saturated rings. The second-order valence-electron chi connectivity index (χ2n) is 7.97. The second kappa shape index (κ2) is 8.02. The van der Waals surface area contributed by atoms with Crippen molar-refractivity contribution in [3.8, 4) is 10.6 Å². The summed E-state index contributed by atoms with van der Waals surface area (Å²) in [7, 11) is 0. The smallest absolute Gasteiger partial charge is 0.223 e. The number of amides is 1. The van der Waals surface area contributed by atoms with Gasteiger partial charge in [-0.2, -0.15) is 0 Å². The van der Waals surface area contributed by atoms with Gasteiger partial charge in [0.2, 0.25) is 5.91 Å². The molecule has 7 nitrogen and oxygen atoms in total. The van der Waals surface area contributed by atoms with Crippen molar-refractivity contribution < 1.29 is 4.79 Å². The number of pyridine rings is 2. The van der Waals surface area contributed by atoms with Crippen molar-refractivity contribution in [1.82, 2.24) is 20.3 Å². The normalized spacial score (nSPS) is 18.4. The van der Waals surface area contributed by atoms with Gasteiger partial charge in [-0.15, -0.1) is 0 Å².